The number of aliphatic hydroxyl groups is 1. The van der Waals surface area contributed by atoms with Crippen molar-refractivity contribution in [2.75, 3.05) is 33.9 Å². The van der Waals surface area contributed by atoms with Gasteiger partial charge in [-0.15, -0.1) is 0 Å². The summed E-state index contributed by atoms with van der Waals surface area (Å²) in [7, 11) is -0.819. The van der Waals surface area contributed by atoms with Gasteiger partial charge < -0.3 is 19.5 Å². The highest BCUT2D eigenvalue weighted by molar-refractivity contribution is 7.89. The molecule has 8 nitrogen and oxygen atoms in total. The van der Waals surface area contributed by atoms with Gasteiger partial charge in [0.2, 0.25) is 10.0 Å². The molecule has 0 saturated carbocycles. The molecule has 9 heteroatoms. The Bertz CT molecular complexity index is 1410. The van der Waals surface area contributed by atoms with E-state index in [9.17, 15) is 18.3 Å². The van der Waals surface area contributed by atoms with Crippen LogP contribution in [-0.4, -0.2) is 74.6 Å². The molecule has 0 spiro atoms. The van der Waals surface area contributed by atoms with Gasteiger partial charge in [0.05, 0.1) is 37.4 Å². The largest absolute Gasteiger partial charge is 0.497 e. The average Bonchev–Trinajstić information content (AvgIpc) is 2.98. The van der Waals surface area contributed by atoms with Crippen LogP contribution in [0.5, 0.6) is 5.75 Å². The van der Waals surface area contributed by atoms with Crippen molar-refractivity contribution in [2.45, 2.75) is 37.5 Å². The fraction of sp³-hybridized carbons (Fsp3) is 0.367. The molecule has 1 aliphatic heterocycles. The van der Waals surface area contributed by atoms with Gasteiger partial charge in [-0.05, 0) is 41.8 Å². The molecule has 3 atom stereocenters. The second kappa shape index (κ2) is 12.3. The third kappa shape index (κ3) is 6.17. The van der Waals surface area contributed by atoms with Gasteiger partial charge in [0.25, 0.3) is 5.91 Å². The number of fused-ring (bicyclic) bond motifs is 3. The quantitative estimate of drug-likeness (QED) is 0.475. The minimum absolute atomic E-state index is 0.0748. The van der Waals surface area contributed by atoms with Gasteiger partial charge in [0.15, 0.2) is 0 Å². The number of sulfonamides is 1. The number of carbonyl (C=O) groups is 1. The van der Waals surface area contributed by atoms with Crippen LogP contribution >= 0.6 is 0 Å². The van der Waals surface area contributed by atoms with E-state index in [1.54, 1.807) is 30.0 Å². The molecule has 208 valence electrons. The fourth-order valence-electron chi connectivity index (χ4n) is 4.84. The normalized spacial score (nSPS) is 19.1. The number of methoxy groups -OCH3 is 1. The Balaban J connectivity index is 1.72. The van der Waals surface area contributed by atoms with Crippen molar-refractivity contribution in [1.29, 1.82) is 0 Å². The number of rotatable bonds is 7. The Kier molecular flexibility index (Phi) is 9.07. The molecule has 1 amide bonds. The van der Waals surface area contributed by atoms with Gasteiger partial charge >= 0.3 is 0 Å². The monoisotopic (exact) mass is 552 g/mol. The van der Waals surface area contributed by atoms with E-state index in [1.165, 1.54) is 30.6 Å². The molecular formula is C30H36N2O6S. The predicted molar refractivity (Wildman–Crippen MR) is 150 cm³/mol. The molecule has 4 rings (SSSR count). The SMILES string of the molecule is COc1cccc(S(=O)(=O)N(C)C[C@H]2OCc3ccccc3-c3ccccc3C(=O)N([C@H](C)CO)C[C@@H]2C)c1. The maximum absolute atomic E-state index is 13.9. The number of carbonyl (C=O) groups excluding carboxylic acids is 1. The van der Waals surface area contributed by atoms with Crippen molar-refractivity contribution in [2.24, 2.45) is 5.92 Å². The van der Waals surface area contributed by atoms with Crippen LogP contribution in [-0.2, 0) is 21.4 Å². The van der Waals surface area contributed by atoms with E-state index in [0.717, 1.165) is 16.7 Å². The van der Waals surface area contributed by atoms with Crippen molar-refractivity contribution >= 4 is 15.9 Å². The lowest BCUT2D eigenvalue weighted by molar-refractivity contribution is -0.0146. The summed E-state index contributed by atoms with van der Waals surface area (Å²) in [4.78, 5) is 15.7. The first-order chi connectivity index (χ1) is 18.7. The number of aliphatic hydroxyl groups excluding tert-OH is 1. The average molecular weight is 553 g/mol. The van der Waals surface area contributed by atoms with Gasteiger partial charge in [-0.25, -0.2) is 8.42 Å². The van der Waals surface area contributed by atoms with Crippen LogP contribution in [0.1, 0.15) is 29.8 Å². The molecule has 0 aliphatic carbocycles. The second-order valence-corrected chi connectivity index (χ2v) is 12.0. The Morgan fingerprint density at radius 3 is 2.41 bits per heavy atom. The summed E-state index contributed by atoms with van der Waals surface area (Å²) in [5.41, 5.74) is 3.12. The van der Waals surface area contributed by atoms with Crippen LogP contribution in [0, 0.1) is 5.92 Å². The number of benzene rings is 3. The Morgan fingerprint density at radius 1 is 1.05 bits per heavy atom. The number of nitrogens with zero attached hydrogens (tertiary/aromatic N) is 2. The molecule has 1 aliphatic rings. The molecule has 0 aromatic heterocycles. The molecule has 0 saturated heterocycles. The molecule has 0 radical (unpaired) electrons. The third-order valence-corrected chi connectivity index (χ3v) is 9.10. The summed E-state index contributed by atoms with van der Waals surface area (Å²) in [5, 5.41) is 10.0. The van der Waals surface area contributed by atoms with Gasteiger partial charge in [0, 0.05) is 37.7 Å². The minimum Gasteiger partial charge on any atom is -0.497 e. The molecule has 1 heterocycles. The Morgan fingerprint density at radius 2 is 1.72 bits per heavy atom. The molecule has 3 aromatic rings. The van der Waals surface area contributed by atoms with Crippen LogP contribution < -0.4 is 4.74 Å². The van der Waals surface area contributed by atoms with E-state index in [-0.39, 0.29) is 43.0 Å². The van der Waals surface area contributed by atoms with E-state index in [4.69, 9.17) is 9.47 Å². The summed E-state index contributed by atoms with van der Waals surface area (Å²) in [6.07, 6.45) is -0.536. The zero-order valence-corrected chi connectivity index (χ0v) is 23.6. The lowest BCUT2D eigenvalue weighted by atomic mass is 9.94. The first-order valence-electron chi connectivity index (χ1n) is 13.0. The molecule has 0 bridgehead atoms. The minimum atomic E-state index is -3.84. The van der Waals surface area contributed by atoms with Crippen LogP contribution in [0.4, 0.5) is 0 Å². The number of hydrogen-bond acceptors (Lipinski definition) is 6. The molecule has 3 aromatic carbocycles. The van der Waals surface area contributed by atoms with E-state index >= 15 is 0 Å². The second-order valence-electron chi connectivity index (χ2n) is 9.98. The smallest absolute Gasteiger partial charge is 0.254 e. The Labute approximate surface area is 230 Å². The van der Waals surface area contributed by atoms with Crippen LogP contribution in [0.2, 0.25) is 0 Å². The van der Waals surface area contributed by atoms with Gasteiger partial charge in [-0.3, -0.25) is 4.79 Å². The van der Waals surface area contributed by atoms with E-state index in [1.807, 2.05) is 49.4 Å². The van der Waals surface area contributed by atoms with Crippen molar-refractivity contribution in [3.8, 4) is 16.9 Å². The molecule has 39 heavy (non-hydrogen) atoms. The maximum Gasteiger partial charge on any atom is 0.254 e. The van der Waals surface area contributed by atoms with E-state index in [2.05, 4.69) is 0 Å². The summed E-state index contributed by atoms with van der Waals surface area (Å²) in [6.45, 7) is 4.14. The van der Waals surface area contributed by atoms with Crippen LogP contribution in [0.25, 0.3) is 11.1 Å². The van der Waals surface area contributed by atoms with E-state index in [0.29, 0.717) is 11.3 Å². The maximum atomic E-state index is 13.9. The summed E-state index contributed by atoms with van der Waals surface area (Å²) in [6, 6.07) is 21.1. The lowest BCUT2D eigenvalue weighted by Gasteiger charge is -2.35. The third-order valence-electron chi connectivity index (χ3n) is 7.28. The van der Waals surface area contributed by atoms with Crippen molar-refractivity contribution < 1.29 is 27.8 Å². The van der Waals surface area contributed by atoms with Crippen LogP contribution in [0.15, 0.2) is 77.7 Å². The summed E-state index contributed by atoms with van der Waals surface area (Å²) >= 11 is 0. The number of likely N-dealkylation sites (N-methyl/N-ethyl adjacent to an activating group) is 1. The molecule has 1 N–H and O–H groups in total. The molecular weight excluding hydrogens is 516 g/mol. The number of ether oxygens (including phenoxy) is 2. The zero-order valence-electron chi connectivity index (χ0n) is 22.8. The first kappa shape index (κ1) is 28.8. The number of amides is 1. The Hall–Kier alpha value is -3.24. The van der Waals surface area contributed by atoms with Gasteiger partial charge in [0.1, 0.15) is 5.75 Å². The van der Waals surface area contributed by atoms with Gasteiger partial charge in [-0.2, -0.15) is 4.31 Å². The zero-order chi connectivity index (χ0) is 28.2. The molecule has 0 fully saturated rings. The summed E-state index contributed by atoms with van der Waals surface area (Å²) in [5.74, 6) is 0.0162. The molecule has 0 unspecified atom stereocenters. The predicted octanol–water partition coefficient (Wildman–Crippen LogP) is 4.04. The van der Waals surface area contributed by atoms with Gasteiger partial charge in [-0.1, -0.05) is 55.5 Å². The number of hydrogen-bond donors (Lipinski definition) is 1. The highest BCUT2D eigenvalue weighted by Crippen LogP contribution is 2.31. The van der Waals surface area contributed by atoms with E-state index < -0.39 is 22.2 Å². The van der Waals surface area contributed by atoms with Crippen LogP contribution in [0.3, 0.4) is 0 Å². The highest BCUT2D eigenvalue weighted by atomic mass is 32.2. The van der Waals surface area contributed by atoms with Crippen molar-refractivity contribution in [1.82, 2.24) is 9.21 Å². The first-order valence-corrected chi connectivity index (χ1v) is 14.4. The van der Waals surface area contributed by atoms with Crippen molar-refractivity contribution in [3.05, 3.63) is 83.9 Å². The fourth-order valence-corrected chi connectivity index (χ4v) is 6.06. The van der Waals surface area contributed by atoms with Crippen molar-refractivity contribution in [3.63, 3.8) is 0 Å². The standard InChI is InChI=1S/C30H36N2O6S/c1-21-17-32(22(2)19-33)30(34)28-15-8-7-14-27(28)26-13-6-5-10-23(26)20-38-29(21)18-31(3)39(35,36)25-12-9-11-24(16-25)37-4/h5-16,21-22,29,33H,17-20H2,1-4H3/t21-,22+,29+/m0/s1. The topological polar surface area (TPSA) is 96.4 Å². The highest BCUT2D eigenvalue weighted by Gasteiger charge is 2.32. The lowest BCUT2D eigenvalue weighted by Crippen LogP contribution is -2.47. The summed E-state index contributed by atoms with van der Waals surface area (Å²) < 4.78 is 39.8.